The van der Waals surface area contributed by atoms with E-state index in [0.29, 0.717) is 16.0 Å². The van der Waals surface area contributed by atoms with Crippen LogP contribution in [0.2, 0.25) is 5.02 Å². The molecule has 1 N–H and O–H groups in total. The van der Waals surface area contributed by atoms with Crippen molar-refractivity contribution in [1.29, 1.82) is 0 Å². The fourth-order valence-corrected chi connectivity index (χ4v) is 3.65. The molecule has 4 heteroatoms. The van der Waals surface area contributed by atoms with Crippen molar-refractivity contribution in [2.24, 2.45) is 5.41 Å². The third-order valence-electron chi connectivity index (χ3n) is 5.36. The zero-order valence-corrected chi connectivity index (χ0v) is 14.7. The molecule has 0 amide bonds. The minimum atomic E-state index is -0.493. The lowest BCUT2D eigenvalue weighted by Gasteiger charge is -2.37. The molecule has 25 heavy (non-hydrogen) atoms. The van der Waals surface area contributed by atoms with Crippen molar-refractivity contribution >= 4 is 11.6 Å². The third-order valence-corrected chi connectivity index (χ3v) is 5.61. The Bertz CT molecular complexity index is 821. The summed E-state index contributed by atoms with van der Waals surface area (Å²) in [6.45, 7) is 0. The smallest absolute Gasteiger partial charge is 0.169 e. The SMILES string of the molecule is Oc1cncc(C#CC2(Oc3ccc(Cl)cc3)CCC3(CC3)CC2)c1. The highest BCUT2D eigenvalue weighted by Crippen LogP contribution is 2.58. The number of aromatic hydroxyl groups is 1. The largest absolute Gasteiger partial charge is 0.506 e. The van der Waals surface area contributed by atoms with Crippen molar-refractivity contribution in [3.8, 4) is 23.3 Å². The highest BCUT2D eigenvalue weighted by Gasteiger charge is 2.49. The second-order valence-electron chi connectivity index (χ2n) is 7.23. The van der Waals surface area contributed by atoms with Crippen molar-refractivity contribution in [1.82, 2.24) is 4.98 Å². The first-order valence-corrected chi connectivity index (χ1v) is 9.06. The van der Waals surface area contributed by atoms with Gasteiger partial charge in [-0.3, -0.25) is 4.98 Å². The summed E-state index contributed by atoms with van der Waals surface area (Å²) in [6, 6.07) is 9.08. The predicted octanol–water partition coefficient (Wildman–Crippen LogP) is 4.96. The molecule has 2 aromatic rings. The topological polar surface area (TPSA) is 42.4 Å². The van der Waals surface area contributed by atoms with Crippen molar-refractivity contribution < 1.29 is 9.84 Å². The Morgan fingerprint density at radius 2 is 1.68 bits per heavy atom. The molecule has 0 radical (unpaired) electrons. The van der Waals surface area contributed by atoms with Gasteiger partial charge in [0.25, 0.3) is 0 Å². The van der Waals surface area contributed by atoms with E-state index >= 15 is 0 Å². The Hall–Kier alpha value is -2.18. The molecule has 1 spiro atoms. The summed E-state index contributed by atoms with van der Waals surface area (Å²) >= 11 is 5.98. The first kappa shape index (κ1) is 16.3. The lowest BCUT2D eigenvalue weighted by atomic mass is 9.77. The molecule has 0 bridgehead atoms. The summed E-state index contributed by atoms with van der Waals surface area (Å²) < 4.78 is 6.36. The number of hydrogen-bond acceptors (Lipinski definition) is 3. The highest BCUT2D eigenvalue weighted by atomic mass is 35.5. The van der Waals surface area contributed by atoms with E-state index < -0.39 is 5.60 Å². The lowest BCUT2D eigenvalue weighted by Crippen LogP contribution is -2.39. The third kappa shape index (κ3) is 3.75. The maximum atomic E-state index is 9.58. The molecule has 2 saturated carbocycles. The van der Waals surface area contributed by atoms with Gasteiger partial charge in [0.2, 0.25) is 0 Å². The van der Waals surface area contributed by atoms with E-state index in [1.54, 1.807) is 12.3 Å². The molecule has 1 heterocycles. The van der Waals surface area contributed by atoms with Gasteiger partial charge in [-0.1, -0.05) is 17.5 Å². The van der Waals surface area contributed by atoms with Crippen LogP contribution < -0.4 is 4.74 Å². The van der Waals surface area contributed by atoms with Crippen LogP contribution in [0.1, 0.15) is 44.1 Å². The van der Waals surface area contributed by atoms with Gasteiger partial charge >= 0.3 is 0 Å². The lowest BCUT2D eigenvalue weighted by molar-refractivity contribution is 0.0627. The average Bonchev–Trinajstić information content (AvgIpc) is 3.38. The first-order chi connectivity index (χ1) is 12.1. The van der Waals surface area contributed by atoms with Crippen molar-refractivity contribution in [3.05, 3.63) is 53.3 Å². The zero-order valence-electron chi connectivity index (χ0n) is 14.0. The summed E-state index contributed by atoms with van der Waals surface area (Å²) in [6.07, 6.45) is 9.92. The number of halogens is 1. The van der Waals surface area contributed by atoms with Crippen LogP contribution in [0.3, 0.4) is 0 Å². The molecule has 3 nitrogen and oxygen atoms in total. The summed E-state index contributed by atoms with van der Waals surface area (Å²) in [5.74, 6) is 7.42. The van der Waals surface area contributed by atoms with E-state index in [1.165, 1.54) is 19.0 Å². The van der Waals surface area contributed by atoms with Crippen LogP contribution in [-0.4, -0.2) is 15.7 Å². The number of ether oxygens (including phenoxy) is 1. The average molecular weight is 354 g/mol. The molecule has 4 rings (SSSR count). The number of benzene rings is 1. The maximum Gasteiger partial charge on any atom is 0.169 e. The van der Waals surface area contributed by atoms with Gasteiger partial charge in [-0.05, 0) is 80.2 Å². The number of aromatic nitrogens is 1. The number of hydrogen-bond donors (Lipinski definition) is 1. The molecule has 128 valence electrons. The predicted molar refractivity (Wildman–Crippen MR) is 97.7 cm³/mol. The molecule has 0 aliphatic heterocycles. The Balaban J connectivity index is 1.60. The van der Waals surface area contributed by atoms with Crippen LogP contribution >= 0.6 is 11.6 Å². The minimum absolute atomic E-state index is 0.125. The summed E-state index contributed by atoms with van der Waals surface area (Å²) in [5, 5.41) is 10.3. The molecule has 0 unspecified atom stereocenters. The summed E-state index contributed by atoms with van der Waals surface area (Å²) in [5.41, 5.74) is 0.764. The van der Waals surface area contributed by atoms with Gasteiger partial charge in [0.15, 0.2) is 5.60 Å². The van der Waals surface area contributed by atoms with Crippen LogP contribution in [0.15, 0.2) is 42.7 Å². The van der Waals surface area contributed by atoms with E-state index in [9.17, 15) is 5.11 Å². The quantitative estimate of drug-likeness (QED) is 0.775. The molecule has 0 saturated heterocycles. The van der Waals surface area contributed by atoms with Crippen molar-refractivity contribution in [2.75, 3.05) is 0 Å². The van der Waals surface area contributed by atoms with E-state index in [-0.39, 0.29) is 5.75 Å². The Labute approximate surface area is 153 Å². The number of nitrogens with zero attached hydrogens (tertiary/aromatic N) is 1. The maximum absolute atomic E-state index is 9.58. The highest BCUT2D eigenvalue weighted by molar-refractivity contribution is 6.30. The second kappa shape index (κ2) is 6.28. The number of pyridine rings is 1. The van der Waals surface area contributed by atoms with Gasteiger partial charge in [0, 0.05) is 16.8 Å². The second-order valence-corrected chi connectivity index (χ2v) is 7.67. The van der Waals surface area contributed by atoms with Crippen LogP contribution in [0.5, 0.6) is 11.5 Å². The Morgan fingerprint density at radius 3 is 2.32 bits per heavy atom. The van der Waals surface area contributed by atoms with Gasteiger partial charge in [-0.25, -0.2) is 0 Å². The van der Waals surface area contributed by atoms with Crippen LogP contribution in [-0.2, 0) is 0 Å². The monoisotopic (exact) mass is 353 g/mol. The van der Waals surface area contributed by atoms with E-state index in [2.05, 4.69) is 16.8 Å². The minimum Gasteiger partial charge on any atom is -0.506 e. The fraction of sp³-hybridized carbons (Fsp3) is 0.381. The normalized spacial score (nSPS) is 19.7. The van der Waals surface area contributed by atoms with Crippen molar-refractivity contribution in [3.63, 3.8) is 0 Å². The van der Waals surface area contributed by atoms with Crippen LogP contribution in [0, 0.1) is 17.3 Å². The van der Waals surface area contributed by atoms with Crippen LogP contribution in [0.4, 0.5) is 0 Å². The Kier molecular flexibility index (Phi) is 4.09. The molecule has 2 fully saturated rings. The molecule has 1 aromatic carbocycles. The number of rotatable bonds is 2. The standard InChI is InChI=1S/C21H20ClNO2/c22-17-1-3-19(4-2-17)25-21(11-9-20(7-8-20)10-12-21)6-5-16-13-18(24)15-23-14-16/h1-4,13-15,24H,7-12H2. The molecule has 2 aliphatic carbocycles. The van der Waals surface area contributed by atoms with Gasteiger partial charge < -0.3 is 9.84 Å². The van der Waals surface area contributed by atoms with E-state index in [0.717, 1.165) is 31.4 Å². The van der Waals surface area contributed by atoms with Gasteiger partial charge in [-0.2, -0.15) is 0 Å². The molecule has 0 atom stereocenters. The molecule has 2 aliphatic rings. The summed E-state index contributed by atoms with van der Waals surface area (Å²) in [7, 11) is 0. The molecule has 1 aromatic heterocycles. The van der Waals surface area contributed by atoms with E-state index in [4.69, 9.17) is 16.3 Å². The zero-order chi connectivity index (χ0) is 17.3. The van der Waals surface area contributed by atoms with E-state index in [1.807, 2.05) is 24.3 Å². The van der Waals surface area contributed by atoms with Crippen molar-refractivity contribution in [2.45, 2.75) is 44.1 Å². The molecular formula is C21H20ClNO2. The summed E-state index contributed by atoms with van der Waals surface area (Å²) in [4.78, 5) is 3.99. The van der Waals surface area contributed by atoms with Crippen LogP contribution in [0.25, 0.3) is 0 Å². The van der Waals surface area contributed by atoms with Gasteiger partial charge in [-0.15, -0.1) is 0 Å². The fourth-order valence-electron chi connectivity index (χ4n) is 3.52. The Morgan fingerprint density at radius 1 is 1.00 bits per heavy atom. The first-order valence-electron chi connectivity index (χ1n) is 8.68. The molecular weight excluding hydrogens is 334 g/mol. The van der Waals surface area contributed by atoms with Gasteiger partial charge in [0.05, 0.1) is 6.20 Å². The van der Waals surface area contributed by atoms with Gasteiger partial charge in [0.1, 0.15) is 11.5 Å².